The van der Waals surface area contributed by atoms with Gasteiger partial charge in [-0.15, -0.1) is 0 Å². The molecule has 1 aromatic rings. The molecule has 0 heterocycles. The molecule has 1 aromatic carbocycles. The molecule has 0 aromatic heterocycles. The molecular formula is C13H18F2N2O2. The van der Waals surface area contributed by atoms with E-state index in [4.69, 9.17) is 10.5 Å². The highest BCUT2D eigenvalue weighted by Gasteiger charge is 2.17. The van der Waals surface area contributed by atoms with E-state index in [9.17, 15) is 13.6 Å². The quantitative estimate of drug-likeness (QED) is 0.888. The Morgan fingerprint density at radius 3 is 2.53 bits per heavy atom. The molecule has 0 saturated carbocycles. The van der Waals surface area contributed by atoms with Gasteiger partial charge in [-0.1, -0.05) is 6.07 Å². The van der Waals surface area contributed by atoms with Crippen LogP contribution in [0.4, 0.5) is 13.6 Å². The Morgan fingerprint density at radius 2 is 2.00 bits per heavy atom. The summed E-state index contributed by atoms with van der Waals surface area (Å²) in [4.78, 5) is 11.4. The molecule has 0 aliphatic rings. The number of carbonyl (C=O) groups excluding carboxylic acids is 1. The molecule has 0 spiro atoms. The summed E-state index contributed by atoms with van der Waals surface area (Å²) in [6.07, 6.45) is -0.606. The molecular weight excluding hydrogens is 254 g/mol. The number of nitrogens with one attached hydrogen (secondary N) is 1. The van der Waals surface area contributed by atoms with Crippen LogP contribution < -0.4 is 11.1 Å². The summed E-state index contributed by atoms with van der Waals surface area (Å²) in [5.74, 6) is -1.90. The van der Waals surface area contributed by atoms with Crippen LogP contribution in [0.2, 0.25) is 0 Å². The molecule has 0 aliphatic carbocycles. The fraction of sp³-hybridized carbons (Fsp3) is 0.462. The highest BCUT2D eigenvalue weighted by atomic mass is 19.2. The average molecular weight is 272 g/mol. The predicted molar refractivity (Wildman–Crippen MR) is 67.5 cm³/mol. The Bertz CT molecular complexity index is 458. The third-order valence-corrected chi connectivity index (χ3v) is 2.24. The van der Waals surface area contributed by atoms with Crippen LogP contribution in [0.5, 0.6) is 0 Å². The average Bonchev–Trinajstić information content (AvgIpc) is 2.27. The van der Waals surface area contributed by atoms with Gasteiger partial charge in [0.1, 0.15) is 5.60 Å². The van der Waals surface area contributed by atoms with Gasteiger partial charge in [-0.05, 0) is 38.5 Å². The molecule has 0 fully saturated rings. The summed E-state index contributed by atoms with van der Waals surface area (Å²) < 4.78 is 30.8. The summed E-state index contributed by atoms with van der Waals surface area (Å²) in [5.41, 5.74) is 5.56. The van der Waals surface area contributed by atoms with E-state index in [-0.39, 0.29) is 6.54 Å². The van der Waals surface area contributed by atoms with Crippen molar-refractivity contribution >= 4 is 6.09 Å². The van der Waals surface area contributed by atoms with Crippen LogP contribution in [0.15, 0.2) is 18.2 Å². The molecule has 0 radical (unpaired) electrons. The summed E-state index contributed by atoms with van der Waals surface area (Å²) in [6, 6.07) is 2.75. The first-order chi connectivity index (χ1) is 8.69. The minimum atomic E-state index is -0.967. The fourth-order valence-electron chi connectivity index (χ4n) is 1.37. The van der Waals surface area contributed by atoms with Crippen molar-refractivity contribution in [3.05, 3.63) is 35.4 Å². The zero-order valence-corrected chi connectivity index (χ0v) is 11.2. The molecule has 0 aliphatic heterocycles. The SMILES string of the molecule is CC(C)(C)OC(=O)NC[C@H](N)c1ccc(F)c(F)c1. The topological polar surface area (TPSA) is 64.3 Å². The van der Waals surface area contributed by atoms with Gasteiger partial charge in [0.25, 0.3) is 0 Å². The lowest BCUT2D eigenvalue weighted by molar-refractivity contribution is 0.0524. The Kier molecular flexibility index (Phi) is 4.83. The van der Waals surface area contributed by atoms with Crippen LogP contribution in [0.25, 0.3) is 0 Å². The molecule has 0 bridgehead atoms. The van der Waals surface area contributed by atoms with E-state index in [0.29, 0.717) is 5.56 Å². The Labute approximate surface area is 110 Å². The first-order valence-electron chi connectivity index (χ1n) is 5.86. The number of halogens is 2. The second kappa shape index (κ2) is 5.97. The second-order valence-electron chi connectivity index (χ2n) is 5.16. The van der Waals surface area contributed by atoms with Crippen LogP contribution >= 0.6 is 0 Å². The Hall–Kier alpha value is -1.69. The molecule has 3 N–H and O–H groups in total. The molecule has 0 saturated heterocycles. The van der Waals surface area contributed by atoms with Gasteiger partial charge in [0.15, 0.2) is 11.6 Å². The van der Waals surface area contributed by atoms with Crippen LogP contribution in [-0.2, 0) is 4.74 Å². The zero-order chi connectivity index (χ0) is 14.6. The van der Waals surface area contributed by atoms with E-state index in [1.807, 2.05) is 0 Å². The van der Waals surface area contributed by atoms with Gasteiger partial charge >= 0.3 is 6.09 Å². The number of nitrogens with two attached hydrogens (primary N) is 1. The smallest absolute Gasteiger partial charge is 0.407 e. The van der Waals surface area contributed by atoms with E-state index in [2.05, 4.69) is 5.32 Å². The lowest BCUT2D eigenvalue weighted by atomic mass is 10.1. The number of rotatable bonds is 3. The largest absolute Gasteiger partial charge is 0.444 e. The number of ether oxygens (including phenoxy) is 1. The molecule has 106 valence electrons. The molecule has 1 amide bonds. The van der Waals surface area contributed by atoms with Gasteiger partial charge in [0.05, 0.1) is 0 Å². The third kappa shape index (κ3) is 5.21. The van der Waals surface area contributed by atoms with Crippen molar-refractivity contribution in [1.29, 1.82) is 0 Å². The molecule has 1 rings (SSSR count). The molecule has 4 nitrogen and oxygen atoms in total. The van der Waals surface area contributed by atoms with Crippen molar-refractivity contribution in [3.63, 3.8) is 0 Å². The standard InChI is InChI=1S/C13H18F2N2O2/c1-13(2,3)19-12(18)17-7-11(16)8-4-5-9(14)10(15)6-8/h4-6,11H,7,16H2,1-3H3,(H,17,18)/t11-/m0/s1. The third-order valence-electron chi connectivity index (χ3n) is 2.24. The van der Waals surface area contributed by atoms with E-state index in [1.54, 1.807) is 20.8 Å². The Balaban J connectivity index is 2.53. The predicted octanol–water partition coefficient (Wildman–Crippen LogP) is 2.49. The van der Waals surface area contributed by atoms with Crippen LogP contribution in [-0.4, -0.2) is 18.2 Å². The van der Waals surface area contributed by atoms with Gasteiger partial charge in [0, 0.05) is 12.6 Å². The summed E-state index contributed by atoms with van der Waals surface area (Å²) in [5, 5.41) is 2.47. The number of benzene rings is 1. The van der Waals surface area contributed by atoms with Crippen molar-refractivity contribution in [2.24, 2.45) is 5.73 Å². The molecule has 19 heavy (non-hydrogen) atoms. The van der Waals surface area contributed by atoms with Gasteiger partial charge in [-0.3, -0.25) is 0 Å². The number of hydrogen-bond acceptors (Lipinski definition) is 3. The molecule has 0 unspecified atom stereocenters. The van der Waals surface area contributed by atoms with Crippen molar-refractivity contribution in [1.82, 2.24) is 5.32 Å². The first-order valence-corrected chi connectivity index (χ1v) is 5.86. The number of alkyl carbamates (subject to hydrolysis) is 1. The maximum atomic E-state index is 13.0. The van der Waals surface area contributed by atoms with E-state index in [0.717, 1.165) is 12.1 Å². The minimum Gasteiger partial charge on any atom is -0.444 e. The van der Waals surface area contributed by atoms with Gasteiger partial charge in [-0.2, -0.15) is 0 Å². The fourth-order valence-corrected chi connectivity index (χ4v) is 1.37. The highest BCUT2D eigenvalue weighted by Crippen LogP contribution is 2.14. The van der Waals surface area contributed by atoms with Crippen LogP contribution in [0.3, 0.4) is 0 Å². The van der Waals surface area contributed by atoms with E-state index >= 15 is 0 Å². The molecule has 6 heteroatoms. The lowest BCUT2D eigenvalue weighted by Crippen LogP contribution is -2.36. The van der Waals surface area contributed by atoms with Crippen molar-refractivity contribution in [2.45, 2.75) is 32.4 Å². The summed E-state index contributed by atoms with van der Waals surface area (Å²) >= 11 is 0. The van der Waals surface area contributed by atoms with Crippen molar-refractivity contribution < 1.29 is 18.3 Å². The van der Waals surface area contributed by atoms with Gasteiger partial charge < -0.3 is 15.8 Å². The van der Waals surface area contributed by atoms with Gasteiger partial charge in [-0.25, -0.2) is 13.6 Å². The monoisotopic (exact) mass is 272 g/mol. The van der Waals surface area contributed by atoms with Crippen LogP contribution in [0, 0.1) is 11.6 Å². The van der Waals surface area contributed by atoms with Crippen LogP contribution in [0.1, 0.15) is 32.4 Å². The first kappa shape index (κ1) is 15.4. The highest BCUT2D eigenvalue weighted by molar-refractivity contribution is 5.67. The summed E-state index contributed by atoms with van der Waals surface area (Å²) in [6.45, 7) is 5.28. The molecule has 1 atom stereocenters. The van der Waals surface area contributed by atoms with Crippen molar-refractivity contribution in [3.8, 4) is 0 Å². The van der Waals surface area contributed by atoms with Crippen molar-refractivity contribution in [2.75, 3.05) is 6.54 Å². The normalized spacial score (nSPS) is 12.9. The van der Waals surface area contributed by atoms with Gasteiger partial charge in [0.2, 0.25) is 0 Å². The van der Waals surface area contributed by atoms with E-state index in [1.165, 1.54) is 6.07 Å². The number of carbonyl (C=O) groups is 1. The second-order valence-corrected chi connectivity index (χ2v) is 5.16. The number of hydrogen-bond donors (Lipinski definition) is 2. The number of amides is 1. The maximum absolute atomic E-state index is 13.0. The lowest BCUT2D eigenvalue weighted by Gasteiger charge is -2.21. The maximum Gasteiger partial charge on any atom is 0.407 e. The zero-order valence-electron chi connectivity index (χ0n) is 11.2. The minimum absolute atomic E-state index is 0.0694. The summed E-state index contributed by atoms with van der Waals surface area (Å²) in [7, 11) is 0. The van der Waals surface area contributed by atoms with E-state index < -0.39 is 29.4 Å². The Morgan fingerprint density at radius 1 is 1.37 bits per heavy atom.